The fraction of sp³-hybridized carbons (Fsp3) is 0.263. The number of hydrogen-bond acceptors (Lipinski definition) is 5. The van der Waals surface area contributed by atoms with E-state index in [0.717, 1.165) is 5.56 Å². The Hall–Kier alpha value is -3.26. The molecule has 0 spiro atoms. The van der Waals surface area contributed by atoms with Crippen LogP contribution in [-0.2, 0) is 11.3 Å². The van der Waals surface area contributed by atoms with Crippen molar-refractivity contribution in [2.75, 3.05) is 19.0 Å². The van der Waals surface area contributed by atoms with Crippen molar-refractivity contribution in [3.63, 3.8) is 0 Å². The Bertz CT molecular complexity index is 1130. The first kappa shape index (κ1) is 18.5. The zero-order valence-electron chi connectivity index (χ0n) is 15.3. The van der Waals surface area contributed by atoms with Crippen LogP contribution in [-0.4, -0.2) is 34.2 Å². The molecule has 0 saturated heterocycles. The number of aromatic amines is 1. The Morgan fingerprint density at radius 1 is 1.26 bits per heavy atom. The van der Waals surface area contributed by atoms with Crippen LogP contribution in [0.15, 0.2) is 39.9 Å². The van der Waals surface area contributed by atoms with E-state index in [1.54, 1.807) is 13.0 Å². The average Bonchev–Trinajstić information content (AvgIpc) is 2.63. The summed E-state index contributed by atoms with van der Waals surface area (Å²) >= 11 is 0. The number of benzene rings is 1. The lowest BCUT2D eigenvalue weighted by molar-refractivity contribution is 0.102. The van der Waals surface area contributed by atoms with Crippen molar-refractivity contribution in [1.82, 2.24) is 14.5 Å². The number of para-hydroxylation sites is 1. The molecule has 0 aliphatic rings. The molecule has 2 heterocycles. The maximum absolute atomic E-state index is 12.7. The van der Waals surface area contributed by atoms with Crippen LogP contribution in [0.4, 0.5) is 5.69 Å². The van der Waals surface area contributed by atoms with Crippen molar-refractivity contribution < 1.29 is 9.53 Å². The molecule has 3 aromatic rings. The van der Waals surface area contributed by atoms with Gasteiger partial charge in [-0.05, 0) is 31.5 Å². The van der Waals surface area contributed by atoms with E-state index >= 15 is 0 Å². The summed E-state index contributed by atoms with van der Waals surface area (Å²) in [6.07, 6.45) is 0. The second kappa shape index (κ2) is 7.55. The second-order valence-corrected chi connectivity index (χ2v) is 6.17. The zero-order chi connectivity index (χ0) is 19.6. The summed E-state index contributed by atoms with van der Waals surface area (Å²) in [5.74, 6) is -0.370. The Labute approximate surface area is 154 Å². The summed E-state index contributed by atoms with van der Waals surface area (Å²) in [7, 11) is 1.52. The number of nitrogens with zero attached hydrogens (tertiary/aromatic N) is 2. The molecule has 0 atom stereocenters. The van der Waals surface area contributed by atoms with E-state index in [2.05, 4.69) is 15.3 Å². The lowest BCUT2D eigenvalue weighted by atomic mass is 10.1. The van der Waals surface area contributed by atoms with E-state index in [4.69, 9.17) is 4.74 Å². The minimum Gasteiger partial charge on any atom is -0.383 e. The molecule has 140 valence electrons. The SMILES string of the molecule is COCCn1c(=O)[nH]c(=O)c2cc(C(=O)Nc3ccccc3C)c(C)nc21. The summed E-state index contributed by atoms with van der Waals surface area (Å²) < 4.78 is 6.34. The summed E-state index contributed by atoms with van der Waals surface area (Å²) in [6, 6.07) is 8.86. The molecule has 0 aliphatic carbocycles. The van der Waals surface area contributed by atoms with Gasteiger partial charge in [0.2, 0.25) is 0 Å². The number of fused-ring (bicyclic) bond motifs is 1. The maximum atomic E-state index is 12.7. The number of H-pyrrole nitrogens is 1. The van der Waals surface area contributed by atoms with Crippen molar-refractivity contribution in [2.24, 2.45) is 0 Å². The molecule has 8 nitrogen and oxygen atoms in total. The maximum Gasteiger partial charge on any atom is 0.330 e. The molecule has 8 heteroatoms. The van der Waals surface area contributed by atoms with E-state index in [-0.39, 0.29) is 35.7 Å². The van der Waals surface area contributed by atoms with Crippen molar-refractivity contribution in [3.05, 3.63) is 68.0 Å². The number of nitrogens with one attached hydrogen (secondary N) is 2. The molecule has 1 aromatic carbocycles. The highest BCUT2D eigenvalue weighted by Gasteiger charge is 2.17. The van der Waals surface area contributed by atoms with Crippen LogP contribution in [0.25, 0.3) is 11.0 Å². The molecule has 1 amide bonds. The fourth-order valence-corrected chi connectivity index (χ4v) is 2.82. The summed E-state index contributed by atoms with van der Waals surface area (Å²) in [5.41, 5.74) is 1.38. The largest absolute Gasteiger partial charge is 0.383 e. The lowest BCUT2D eigenvalue weighted by Crippen LogP contribution is -2.32. The van der Waals surface area contributed by atoms with Crippen LogP contribution in [0.5, 0.6) is 0 Å². The Morgan fingerprint density at radius 2 is 2.00 bits per heavy atom. The Kier molecular flexibility index (Phi) is 5.18. The van der Waals surface area contributed by atoms with Gasteiger partial charge in [-0.15, -0.1) is 0 Å². The molecular weight excluding hydrogens is 348 g/mol. The van der Waals surface area contributed by atoms with Gasteiger partial charge in [0.05, 0.1) is 29.8 Å². The minimum absolute atomic E-state index is 0.172. The highest BCUT2D eigenvalue weighted by atomic mass is 16.5. The number of ether oxygens (including phenoxy) is 1. The van der Waals surface area contributed by atoms with Gasteiger partial charge in [-0.3, -0.25) is 19.1 Å². The number of rotatable bonds is 5. The molecule has 0 fully saturated rings. The summed E-state index contributed by atoms with van der Waals surface area (Å²) in [4.78, 5) is 43.7. The zero-order valence-corrected chi connectivity index (χ0v) is 15.3. The number of aromatic nitrogens is 3. The molecule has 0 unspecified atom stereocenters. The Morgan fingerprint density at radius 3 is 2.70 bits per heavy atom. The molecule has 2 aromatic heterocycles. The van der Waals surface area contributed by atoms with Gasteiger partial charge in [-0.25, -0.2) is 9.78 Å². The van der Waals surface area contributed by atoms with E-state index in [1.165, 1.54) is 17.7 Å². The predicted octanol–water partition coefficient (Wildman–Crippen LogP) is 1.60. The monoisotopic (exact) mass is 368 g/mol. The van der Waals surface area contributed by atoms with E-state index in [0.29, 0.717) is 11.4 Å². The third-order valence-electron chi connectivity index (χ3n) is 4.32. The van der Waals surface area contributed by atoms with Gasteiger partial charge in [0.25, 0.3) is 11.5 Å². The lowest BCUT2D eigenvalue weighted by Gasteiger charge is -2.12. The topological polar surface area (TPSA) is 106 Å². The number of methoxy groups -OCH3 is 1. The Balaban J connectivity index is 2.09. The molecule has 2 N–H and O–H groups in total. The van der Waals surface area contributed by atoms with Crippen LogP contribution in [0.3, 0.4) is 0 Å². The first-order valence-electron chi connectivity index (χ1n) is 8.42. The predicted molar refractivity (Wildman–Crippen MR) is 102 cm³/mol. The molecule has 0 radical (unpaired) electrons. The van der Waals surface area contributed by atoms with Crippen LogP contribution < -0.4 is 16.6 Å². The number of pyridine rings is 1. The van der Waals surface area contributed by atoms with Crippen molar-refractivity contribution in [3.8, 4) is 0 Å². The quantitative estimate of drug-likeness (QED) is 0.711. The van der Waals surface area contributed by atoms with Gasteiger partial charge in [0, 0.05) is 12.8 Å². The number of hydrogen-bond donors (Lipinski definition) is 2. The number of carbonyl (C=O) groups is 1. The van der Waals surface area contributed by atoms with Gasteiger partial charge in [0.1, 0.15) is 5.65 Å². The van der Waals surface area contributed by atoms with Gasteiger partial charge >= 0.3 is 5.69 Å². The fourth-order valence-electron chi connectivity index (χ4n) is 2.82. The van der Waals surface area contributed by atoms with Crippen LogP contribution in [0.2, 0.25) is 0 Å². The third kappa shape index (κ3) is 3.65. The van der Waals surface area contributed by atoms with Crippen LogP contribution in [0, 0.1) is 13.8 Å². The number of amides is 1. The first-order valence-corrected chi connectivity index (χ1v) is 8.42. The average molecular weight is 368 g/mol. The van der Waals surface area contributed by atoms with Crippen molar-refractivity contribution in [1.29, 1.82) is 0 Å². The second-order valence-electron chi connectivity index (χ2n) is 6.17. The number of anilines is 1. The normalized spacial score (nSPS) is 10.9. The minimum atomic E-state index is -0.582. The van der Waals surface area contributed by atoms with Gasteiger partial charge in [-0.1, -0.05) is 18.2 Å². The molecule has 0 bridgehead atoms. The molecule has 27 heavy (non-hydrogen) atoms. The number of carbonyl (C=O) groups excluding carboxylic acids is 1. The van der Waals surface area contributed by atoms with E-state index in [9.17, 15) is 14.4 Å². The van der Waals surface area contributed by atoms with Crippen LogP contribution in [0.1, 0.15) is 21.6 Å². The smallest absolute Gasteiger partial charge is 0.330 e. The molecule has 3 rings (SSSR count). The van der Waals surface area contributed by atoms with Crippen molar-refractivity contribution in [2.45, 2.75) is 20.4 Å². The van der Waals surface area contributed by atoms with E-state index < -0.39 is 11.2 Å². The highest BCUT2D eigenvalue weighted by Crippen LogP contribution is 2.17. The van der Waals surface area contributed by atoms with Crippen LogP contribution >= 0.6 is 0 Å². The van der Waals surface area contributed by atoms with Gasteiger partial charge in [0.15, 0.2) is 0 Å². The summed E-state index contributed by atoms with van der Waals surface area (Å²) in [6.45, 7) is 4.08. The van der Waals surface area contributed by atoms with Gasteiger partial charge in [-0.2, -0.15) is 0 Å². The number of aryl methyl sites for hydroxylation is 2. The first-order chi connectivity index (χ1) is 12.9. The standard InChI is InChI=1S/C19H20N4O4/c1-11-6-4-5-7-15(11)21-17(24)13-10-14-16(20-12(13)2)23(8-9-27-3)19(26)22-18(14)25/h4-7,10H,8-9H2,1-3H3,(H,21,24)(H,22,25,26). The molecule has 0 saturated carbocycles. The molecule has 0 aliphatic heterocycles. The summed E-state index contributed by atoms with van der Waals surface area (Å²) in [5, 5.41) is 3.00. The highest BCUT2D eigenvalue weighted by molar-refractivity contribution is 6.06. The van der Waals surface area contributed by atoms with E-state index in [1.807, 2.05) is 25.1 Å². The third-order valence-corrected chi connectivity index (χ3v) is 4.32. The van der Waals surface area contributed by atoms with Crippen molar-refractivity contribution >= 4 is 22.6 Å². The molecular formula is C19H20N4O4. The van der Waals surface area contributed by atoms with Gasteiger partial charge < -0.3 is 10.1 Å².